The van der Waals surface area contributed by atoms with Crippen molar-refractivity contribution in [1.82, 2.24) is 0 Å². The Kier molecular flexibility index (Phi) is 4.73. The summed E-state index contributed by atoms with van der Waals surface area (Å²) in [6.07, 6.45) is 2.92. The number of carbonyl (C=O) groups excluding carboxylic acids is 2. The average Bonchev–Trinajstić information content (AvgIpc) is 3.10. The van der Waals surface area contributed by atoms with Gasteiger partial charge in [0.1, 0.15) is 18.0 Å². The van der Waals surface area contributed by atoms with Gasteiger partial charge < -0.3 is 19.0 Å². The van der Waals surface area contributed by atoms with Crippen molar-refractivity contribution in [3.05, 3.63) is 30.2 Å². The molecule has 30 heavy (non-hydrogen) atoms. The van der Waals surface area contributed by atoms with Crippen molar-refractivity contribution in [2.45, 2.75) is 78.1 Å². The van der Waals surface area contributed by atoms with Gasteiger partial charge in [0, 0.05) is 43.6 Å². The van der Waals surface area contributed by atoms with Crippen LogP contribution in [0.3, 0.4) is 0 Å². The fraction of sp³-hybridized carbons (Fsp3) is 0.667. The lowest BCUT2D eigenvalue weighted by molar-refractivity contribution is -0.290. The van der Waals surface area contributed by atoms with Gasteiger partial charge in [0.05, 0.1) is 11.9 Å². The van der Waals surface area contributed by atoms with Crippen LogP contribution in [0.2, 0.25) is 0 Å². The molecule has 2 saturated carbocycles. The summed E-state index contributed by atoms with van der Waals surface area (Å²) in [5.41, 5.74) is -0.609. The third kappa shape index (κ3) is 2.72. The zero-order valence-electron chi connectivity index (χ0n) is 18.5. The van der Waals surface area contributed by atoms with Crippen molar-refractivity contribution in [1.29, 1.82) is 0 Å². The van der Waals surface area contributed by atoms with Crippen molar-refractivity contribution < 1.29 is 28.6 Å². The number of aliphatic hydroxyl groups is 1. The number of fused-ring (bicyclic) bond motifs is 4. The van der Waals surface area contributed by atoms with Crippen molar-refractivity contribution in [2.75, 3.05) is 0 Å². The highest BCUT2D eigenvalue weighted by Crippen LogP contribution is 2.67. The third-order valence-corrected chi connectivity index (χ3v) is 8.34. The monoisotopic (exact) mass is 416 g/mol. The molecule has 0 aliphatic heterocycles. The van der Waals surface area contributed by atoms with Gasteiger partial charge in [-0.25, -0.2) is 0 Å². The maximum atomic E-state index is 12.3. The first-order valence-corrected chi connectivity index (χ1v) is 10.7. The summed E-state index contributed by atoms with van der Waals surface area (Å²) in [5, 5.41) is 12.3. The van der Waals surface area contributed by atoms with E-state index in [4.69, 9.17) is 13.9 Å². The fourth-order valence-corrected chi connectivity index (χ4v) is 6.77. The first kappa shape index (κ1) is 21.2. The van der Waals surface area contributed by atoms with E-state index in [1.54, 1.807) is 6.26 Å². The van der Waals surface area contributed by atoms with Crippen LogP contribution < -0.4 is 0 Å². The van der Waals surface area contributed by atoms with Crippen LogP contribution in [0.5, 0.6) is 0 Å². The number of furan rings is 1. The SMILES string of the molecule is C=C1c2ccoc2C[C@@H]2[C@H]1[C@@H](OC(C)=O)C[C@@]1(O)C(C)(C)CC[C@H](OC(C)=O)[C@]21C. The first-order valence-electron chi connectivity index (χ1n) is 10.7. The Labute approximate surface area is 177 Å². The van der Waals surface area contributed by atoms with E-state index >= 15 is 0 Å². The lowest BCUT2D eigenvalue weighted by atomic mass is 9.40. The Morgan fingerprint density at radius 1 is 1.20 bits per heavy atom. The third-order valence-electron chi connectivity index (χ3n) is 8.34. The highest BCUT2D eigenvalue weighted by molar-refractivity contribution is 5.72. The van der Waals surface area contributed by atoms with Gasteiger partial charge in [-0.05, 0) is 35.8 Å². The number of hydrogen-bond acceptors (Lipinski definition) is 6. The Hall–Kier alpha value is -2.08. The number of esters is 2. The van der Waals surface area contributed by atoms with E-state index in [0.29, 0.717) is 19.3 Å². The molecule has 6 nitrogen and oxygen atoms in total. The lowest BCUT2D eigenvalue weighted by Gasteiger charge is -2.68. The molecule has 164 valence electrons. The zero-order chi connectivity index (χ0) is 22.1. The molecule has 0 bridgehead atoms. The molecule has 3 aliphatic carbocycles. The largest absolute Gasteiger partial charge is 0.469 e. The summed E-state index contributed by atoms with van der Waals surface area (Å²) in [4.78, 5) is 24.0. The van der Waals surface area contributed by atoms with Crippen LogP contribution in [0.15, 0.2) is 23.3 Å². The maximum absolute atomic E-state index is 12.3. The average molecular weight is 417 g/mol. The van der Waals surface area contributed by atoms with E-state index in [1.807, 2.05) is 13.0 Å². The summed E-state index contributed by atoms with van der Waals surface area (Å²) in [7, 11) is 0. The number of hydrogen-bond donors (Lipinski definition) is 1. The molecule has 4 rings (SSSR count). The summed E-state index contributed by atoms with van der Waals surface area (Å²) >= 11 is 0. The van der Waals surface area contributed by atoms with Crippen LogP contribution in [-0.4, -0.2) is 34.9 Å². The van der Waals surface area contributed by atoms with Crippen LogP contribution in [0, 0.1) is 22.7 Å². The van der Waals surface area contributed by atoms with Gasteiger partial charge in [-0.15, -0.1) is 0 Å². The molecule has 0 radical (unpaired) electrons. The van der Waals surface area contributed by atoms with Crippen LogP contribution in [0.4, 0.5) is 0 Å². The second kappa shape index (κ2) is 6.71. The standard InChI is InChI=1S/C24H32O6/c1-13-16-8-10-28-18(16)11-17-21(13)19(29-14(2)25)12-24(27)22(4,5)9-7-20(23(17,24)6)30-15(3)26/h8,10,17,19-21,27H,1,7,9,11-12H2,2-6H3/t17-,19+,20+,21+,23+,24-/m1/s1. The van der Waals surface area contributed by atoms with Crippen molar-refractivity contribution in [3.8, 4) is 0 Å². The van der Waals surface area contributed by atoms with E-state index in [-0.39, 0.29) is 30.2 Å². The molecular formula is C24H32O6. The van der Waals surface area contributed by atoms with Gasteiger partial charge in [-0.3, -0.25) is 9.59 Å². The molecule has 1 N–H and O–H groups in total. The summed E-state index contributed by atoms with van der Waals surface area (Å²) in [5.74, 6) is -0.248. The fourth-order valence-electron chi connectivity index (χ4n) is 6.77. The minimum absolute atomic E-state index is 0.157. The van der Waals surface area contributed by atoms with E-state index in [1.165, 1.54) is 13.8 Å². The normalized spacial score (nSPS) is 39.3. The molecule has 0 aromatic carbocycles. The van der Waals surface area contributed by atoms with Crippen LogP contribution in [0.1, 0.15) is 65.2 Å². The highest BCUT2D eigenvalue weighted by Gasteiger charge is 2.71. The van der Waals surface area contributed by atoms with Gasteiger partial charge in [0.2, 0.25) is 0 Å². The Morgan fingerprint density at radius 3 is 2.50 bits per heavy atom. The second-order valence-corrected chi connectivity index (χ2v) is 10.1. The number of ether oxygens (including phenoxy) is 2. The van der Waals surface area contributed by atoms with Crippen molar-refractivity contribution >= 4 is 17.5 Å². The van der Waals surface area contributed by atoms with Gasteiger partial charge >= 0.3 is 11.9 Å². The molecule has 1 aromatic heterocycles. The van der Waals surface area contributed by atoms with E-state index in [0.717, 1.165) is 16.9 Å². The van der Waals surface area contributed by atoms with Gasteiger partial charge in [-0.1, -0.05) is 27.4 Å². The molecule has 1 heterocycles. The first-order chi connectivity index (χ1) is 13.9. The molecule has 6 heteroatoms. The lowest BCUT2D eigenvalue weighted by Crippen LogP contribution is -2.73. The summed E-state index contributed by atoms with van der Waals surface area (Å²) in [6.45, 7) is 13.3. The molecule has 0 spiro atoms. The van der Waals surface area contributed by atoms with Gasteiger partial charge in [0.15, 0.2) is 0 Å². The minimum atomic E-state index is -1.20. The molecule has 0 amide bonds. The summed E-state index contributed by atoms with van der Waals surface area (Å²) in [6, 6.07) is 1.90. The molecule has 6 atom stereocenters. The van der Waals surface area contributed by atoms with Crippen molar-refractivity contribution in [2.24, 2.45) is 22.7 Å². The number of carbonyl (C=O) groups is 2. The predicted octanol–water partition coefficient (Wildman–Crippen LogP) is 3.91. The van der Waals surface area contributed by atoms with Crippen LogP contribution >= 0.6 is 0 Å². The van der Waals surface area contributed by atoms with Crippen molar-refractivity contribution in [3.63, 3.8) is 0 Å². The van der Waals surface area contributed by atoms with E-state index in [2.05, 4.69) is 20.4 Å². The Bertz CT molecular complexity index is 897. The van der Waals surface area contributed by atoms with Crippen LogP contribution in [-0.2, 0) is 25.5 Å². The molecule has 2 fully saturated rings. The van der Waals surface area contributed by atoms with Gasteiger partial charge in [-0.2, -0.15) is 0 Å². The molecule has 0 unspecified atom stereocenters. The smallest absolute Gasteiger partial charge is 0.302 e. The van der Waals surface area contributed by atoms with Gasteiger partial charge in [0.25, 0.3) is 0 Å². The molecule has 1 aromatic rings. The summed E-state index contributed by atoms with van der Waals surface area (Å²) < 4.78 is 17.4. The highest BCUT2D eigenvalue weighted by atomic mass is 16.6. The van der Waals surface area contributed by atoms with Crippen LogP contribution in [0.25, 0.3) is 5.57 Å². The molecular weight excluding hydrogens is 384 g/mol. The Morgan fingerprint density at radius 2 is 1.87 bits per heavy atom. The van der Waals surface area contributed by atoms with E-state index in [9.17, 15) is 14.7 Å². The maximum Gasteiger partial charge on any atom is 0.302 e. The van der Waals surface area contributed by atoms with E-state index < -0.39 is 28.6 Å². The molecule has 3 aliphatic rings. The predicted molar refractivity (Wildman–Crippen MR) is 110 cm³/mol. The second-order valence-electron chi connectivity index (χ2n) is 10.1. The number of rotatable bonds is 2. The quantitative estimate of drug-likeness (QED) is 0.736. The Balaban J connectivity index is 1.91. The molecule has 0 saturated heterocycles. The topological polar surface area (TPSA) is 86.0 Å². The zero-order valence-corrected chi connectivity index (χ0v) is 18.5. The minimum Gasteiger partial charge on any atom is -0.469 e.